The number of benzene rings is 2. The molecule has 0 N–H and O–H groups in total. The summed E-state index contributed by atoms with van der Waals surface area (Å²) in [6.45, 7) is 4.59. The van der Waals surface area contributed by atoms with Crippen molar-refractivity contribution in [3.63, 3.8) is 0 Å². The number of carbonyl (C=O) groups excluding carboxylic acids is 1. The van der Waals surface area contributed by atoms with Gasteiger partial charge in [0.2, 0.25) is 0 Å². The van der Waals surface area contributed by atoms with Crippen molar-refractivity contribution in [3.05, 3.63) is 64.6 Å². The van der Waals surface area contributed by atoms with Crippen molar-refractivity contribution in [2.45, 2.75) is 6.54 Å². The summed E-state index contributed by atoms with van der Waals surface area (Å²) >= 11 is 1.44. The molecule has 156 valence electrons. The first-order chi connectivity index (χ1) is 14.7. The Morgan fingerprint density at radius 3 is 2.50 bits per heavy atom. The maximum atomic E-state index is 12.5. The highest BCUT2D eigenvalue weighted by molar-refractivity contribution is 8.18. The Hall–Kier alpha value is -2.77. The van der Waals surface area contributed by atoms with Crippen LogP contribution in [-0.4, -0.2) is 61.3 Å². The number of ether oxygens (including phenoxy) is 2. The van der Waals surface area contributed by atoms with Crippen molar-refractivity contribution in [1.29, 1.82) is 0 Å². The molecular weight excluding hydrogens is 398 g/mol. The number of methoxy groups -OCH3 is 2. The van der Waals surface area contributed by atoms with Crippen LogP contribution in [0.15, 0.2) is 58.4 Å². The number of thioether (sulfide) groups is 1. The number of nitrogens with zero attached hydrogens (tertiary/aromatic N) is 3. The van der Waals surface area contributed by atoms with Gasteiger partial charge in [-0.1, -0.05) is 30.3 Å². The van der Waals surface area contributed by atoms with Gasteiger partial charge in [0.05, 0.1) is 19.1 Å². The number of aliphatic imine (C=N–C) groups is 1. The van der Waals surface area contributed by atoms with Gasteiger partial charge in [-0.25, -0.2) is 0 Å². The minimum absolute atomic E-state index is 0.195. The highest BCUT2D eigenvalue weighted by Crippen LogP contribution is 2.34. The number of hydrogen-bond donors (Lipinski definition) is 0. The van der Waals surface area contributed by atoms with Crippen LogP contribution in [0.3, 0.4) is 0 Å². The van der Waals surface area contributed by atoms with E-state index in [0.717, 1.165) is 43.5 Å². The lowest BCUT2D eigenvalue weighted by atomic mass is 10.1. The van der Waals surface area contributed by atoms with Crippen LogP contribution in [0.25, 0.3) is 6.08 Å². The Kier molecular flexibility index (Phi) is 6.40. The Morgan fingerprint density at radius 2 is 1.80 bits per heavy atom. The van der Waals surface area contributed by atoms with E-state index in [9.17, 15) is 4.79 Å². The molecule has 2 aliphatic heterocycles. The summed E-state index contributed by atoms with van der Waals surface area (Å²) in [6, 6.07) is 16.1. The molecule has 0 atom stereocenters. The van der Waals surface area contributed by atoms with Crippen LogP contribution in [0.1, 0.15) is 11.1 Å². The summed E-state index contributed by atoms with van der Waals surface area (Å²) in [7, 11) is 3.22. The van der Waals surface area contributed by atoms with Gasteiger partial charge in [0.1, 0.15) is 11.5 Å². The summed E-state index contributed by atoms with van der Waals surface area (Å²) in [5.41, 5.74) is 2.16. The van der Waals surface area contributed by atoms with Crippen LogP contribution in [0.2, 0.25) is 0 Å². The molecule has 1 saturated heterocycles. The third-order valence-electron chi connectivity index (χ3n) is 5.23. The molecule has 0 bridgehead atoms. The fourth-order valence-corrected chi connectivity index (χ4v) is 4.51. The number of amides is 1. The number of rotatable bonds is 5. The molecule has 0 saturated carbocycles. The number of carbonyl (C=O) groups is 1. The number of piperazine rings is 1. The second-order valence-electron chi connectivity index (χ2n) is 7.17. The van der Waals surface area contributed by atoms with Crippen LogP contribution in [0, 0.1) is 0 Å². The summed E-state index contributed by atoms with van der Waals surface area (Å²) in [5, 5.41) is 0.790. The average molecular weight is 424 g/mol. The van der Waals surface area contributed by atoms with E-state index >= 15 is 0 Å². The lowest BCUT2D eigenvalue weighted by molar-refractivity contribution is -0.113. The predicted molar refractivity (Wildman–Crippen MR) is 121 cm³/mol. The smallest absolute Gasteiger partial charge is 0.286 e. The van der Waals surface area contributed by atoms with E-state index in [2.05, 4.69) is 39.1 Å². The number of amidine groups is 1. The highest BCUT2D eigenvalue weighted by Gasteiger charge is 2.28. The molecule has 30 heavy (non-hydrogen) atoms. The van der Waals surface area contributed by atoms with E-state index in [0.29, 0.717) is 16.4 Å². The van der Waals surface area contributed by atoms with E-state index in [1.807, 2.05) is 30.3 Å². The van der Waals surface area contributed by atoms with Crippen molar-refractivity contribution >= 4 is 28.9 Å². The first-order valence-electron chi connectivity index (χ1n) is 9.92. The minimum atomic E-state index is -0.195. The van der Waals surface area contributed by atoms with Crippen molar-refractivity contribution in [3.8, 4) is 11.5 Å². The molecule has 0 aliphatic carbocycles. The molecule has 0 radical (unpaired) electrons. The standard InChI is InChI=1S/C23H25N3O3S/c1-28-19-9-8-18(20(15-19)29-2)14-21-22(27)24-23(30-21)26-12-10-25(11-13-26)16-17-6-4-3-5-7-17/h3-9,14-15H,10-13,16H2,1-2H3. The molecule has 1 fully saturated rings. The topological polar surface area (TPSA) is 54.4 Å². The zero-order valence-electron chi connectivity index (χ0n) is 17.2. The third kappa shape index (κ3) is 4.68. The van der Waals surface area contributed by atoms with Gasteiger partial charge in [-0.05, 0) is 35.5 Å². The average Bonchev–Trinajstić information content (AvgIpc) is 3.15. The van der Waals surface area contributed by atoms with Crippen LogP contribution in [0.4, 0.5) is 0 Å². The Morgan fingerprint density at radius 1 is 1.03 bits per heavy atom. The van der Waals surface area contributed by atoms with Gasteiger partial charge in [-0.15, -0.1) is 0 Å². The summed E-state index contributed by atoms with van der Waals surface area (Å²) in [5.74, 6) is 1.18. The quantitative estimate of drug-likeness (QED) is 0.687. The molecule has 2 aromatic carbocycles. The molecule has 6 nitrogen and oxygen atoms in total. The van der Waals surface area contributed by atoms with Crippen molar-refractivity contribution in [1.82, 2.24) is 9.80 Å². The van der Waals surface area contributed by atoms with Gasteiger partial charge in [-0.2, -0.15) is 4.99 Å². The summed E-state index contributed by atoms with van der Waals surface area (Å²) in [4.78, 5) is 22.0. The third-order valence-corrected chi connectivity index (χ3v) is 6.27. The molecule has 1 amide bonds. The van der Waals surface area contributed by atoms with Crippen LogP contribution in [0.5, 0.6) is 11.5 Å². The van der Waals surface area contributed by atoms with Gasteiger partial charge in [0.25, 0.3) is 5.91 Å². The number of hydrogen-bond acceptors (Lipinski definition) is 6. The van der Waals surface area contributed by atoms with Gasteiger partial charge in [0, 0.05) is 44.4 Å². The SMILES string of the molecule is COc1ccc(C=C2SC(N3CCN(Cc4ccccc4)CC3)=NC2=O)c(OC)c1. The molecule has 2 aromatic rings. The maximum Gasteiger partial charge on any atom is 0.286 e. The summed E-state index contributed by atoms with van der Waals surface area (Å²) < 4.78 is 10.7. The van der Waals surface area contributed by atoms with Crippen molar-refractivity contribution in [2.75, 3.05) is 40.4 Å². The fourth-order valence-electron chi connectivity index (χ4n) is 3.55. The fraction of sp³-hybridized carbons (Fsp3) is 0.304. The second-order valence-corrected chi connectivity index (χ2v) is 8.18. The molecule has 2 aliphatic rings. The van der Waals surface area contributed by atoms with Crippen molar-refractivity contribution in [2.24, 2.45) is 4.99 Å². The predicted octanol–water partition coefficient (Wildman–Crippen LogP) is 3.49. The van der Waals surface area contributed by atoms with Crippen LogP contribution >= 0.6 is 11.8 Å². The Labute approximate surface area is 181 Å². The van der Waals surface area contributed by atoms with E-state index < -0.39 is 0 Å². The molecule has 0 aromatic heterocycles. The first kappa shape index (κ1) is 20.5. The molecule has 2 heterocycles. The molecule has 4 rings (SSSR count). The van der Waals surface area contributed by atoms with Gasteiger partial charge in [0.15, 0.2) is 5.17 Å². The van der Waals surface area contributed by atoms with Crippen molar-refractivity contribution < 1.29 is 14.3 Å². The second kappa shape index (κ2) is 9.36. The summed E-state index contributed by atoms with van der Waals surface area (Å²) in [6.07, 6.45) is 1.84. The lowest BCUT2D eigenvalue weighted by Gasteiger charge is -2.35. The van der Waals surface area contributed by atoms with Crippen LogP contribution in [-0.2, 0) is 11.3 Å². The zero-order valence-corrected chi connectivity index (χ0v) is 18.0. The molecular formula is C23H25N3O3S. The monoisotopic (exact) mass is 423 g/mol. The van der Waals surface area contributed by atoms with Crippen LogP contribution < -0.4 is 9.47 Å². The normalized spacial score (nSPS) is 18.6. The van der Waals surface area contributed by atoms with E-state index in [-0.39, 0.29) is 5.91 Å². The first-order valence-corrected chi connectivity index (χ1v) is 10.7. The highest BCUT2D eigenvalue weighted by atomic mass is 32.2. The Bertz CT molecular complexity index is 967. The van der Waals surface area contributed by atoms with E-state index in [1.165, 1.54) is 17.3 Å². The molecule has 0 spiro atoms. The van der Waals surface area contributed by atoms with Gasteiger partial charge in [-0.3, -0.25) is 9.69 Å². The Balaban J connectivity index is 1.38. The molecule has 7 heteroatoms. The molecule has 0 unspecified atom stereocenters. The van der Waals surface area contributed by atoms with E-state index in [4.69, 9.17) is 9.47 Å². The zero-order chi connectivity index (χ0) is 20.9. The maximum absolute atomic E-state index is 12.5. The lowest BCUT2D eigenvalue weighted by Crippen LogP contribution is -2.47. The van der Waals surface area contributed by atoms with Gasteiger partial charge >= 0.3 is 0 Å². The largest absolute Gasteiger partial charge is 0.497 e. The minimum Gasteiger partial charge on any atom is -0.497 e. The van der Waals surface area contributed by atoms with Gasteiger partial charge < -0.3 is 14.4 Å². The van der Waals surface area contributed by atoms with E-state index in [1.54, 1.807) is 14.2 Å².